The number of hydrogen-bond donors (Lipinski definition) is 1. The maximum absolute atomic E-state index is 12.4. The average Bonchev–Trinajstić information content (AvgIpc) is 3.20. The summed E-state index contributed by atoms with van der Waals surface area (Å²) in [7, 11) is 0. The zero-order valence-corrected chi connectivity index (χ0v) is 12.9. The van der Waals surface area contributed by atoms with Crippen molar-refractivity contribution in [2.24, 2.45) is 0 Å². The number of hydrogen-bond acceptors (Lipinski definition) is 4. The van der Waals surface area contributed by atoms with Crippen LogP contribution in [0.15, 0.2) is 29.8 Å². The third kappa shape index (κ3) is 2.47. The molecule has 3 rings (SSSR count). The second-order valence-electron chi connectivity index (χ2n) is 4.62. The Hall–Kier alpha value is -2.65. The van der Waals surface area contributed by atoms with Crippen LogP contribution >= 0.6 is 11.3 Å². The minimum absolute atomic E-state index is 0.193. The minimum Gasteiger partial charge on any atom is -0.341 e. The van der Waals surface area contributed by atoms with Gasteiger partial charge in [-0.05, 0) is 24.4 Å². The molecule has 3 aromatic rings. The van der Waals surface area contributed by atoms with Gasteiger partial charge in [0.1, 0.15) is 0 Å². The highest BCUT2D eigenvalue weighted by Crippen LogP contribution is 2.27. The van der Waals surface area contributed by atoms with Crippen molar-refractivity contribution in [1.82, 2.24) is 20.1 Å². The fourth-order valence-corrected chi connectivity index (χ4v) is 2.93. The maximum atomic E-state index is 12.4. The van der Waals surface area contributed by atoms with Crippen molar-refractivity contribution >= 4 is 28.3 Å². The number of aryl methyl sites for hydroxylation is 1. The number of nitrogens with zero attached hydrogens (tertiary/aromatic N) is 3. The number of fused-ring (bicyclic) bond motifs is 1. The fraction of sp³-hybridized carbons (Fsp3) is 0.188. The lowest BCUT2D eigenvalue weighted by Gasteiger charge is -2.07. The van der Waals surface area contributed by atoms with Gasteiger partial charge in [0.15, 0.2) is 5.65 Å². The smallest absolute Gasteiger partial charge is 0.252 e. The molecule has 0 aromatic carbocycles. The molecule has 5 nitrogen and oxygen atoms in total. The van der Waals surface area contributed by atoms with Crippen LogP contribution < -0.4 is 5.32 Å². The minimum atomic E-state index is -0.209. The average molecular weight is 310 g/mol. The molecule has 0 fully saturated rings. The molecule has 3 aromatic heterocycles. The Labute approximate surface area is 132 Å². The zero-order chi connectivity index (χ0) is 15.5. The third-order valence-electron chi connectivity index (χ3n) is 3.28. The molecule has 0 aliphatic carbocycles. The van der Waals surface area contributed by atoms with E-state index in [0.717, 1.165) is 16.0 Å². The standard InChI is InChI=1S/C16H14N4OS/c1-3-7-17-16(21)11-9-13(14-6-5-8-22-14)19-15-12(11)10-18-20(15)4-2/h1,5-6,8-10H,4,7H2,2H3,(H,17,21). The van der Waals surface area contributed by atoms with Gasteiger partial charge in [-0.2, -0.15) is 5.10 Å². The Morgan fingerprint density at radius 3 is 3.09 bits per heavy atom. The number of amides is 1. The predicted molar refractivity (Wildman–Crippen MR) is 87.7 cm³/mol. The van der Waals surface area contributed by atoms with Gasteiger partial charge in [-0.15, -0.1) is 17.8 Å². The van der Waals surface area contributed by atoms with E-state index >= 15 is 0 Å². The molecule has 0 spiro atoms. The molecular weight excluding hydrogens is 296 g/mol. The molecule has 110 valence electrons. The second-order valence-corrected chi connectivity index (χ2v) is 5.56. The Balaban J connectivity index is 2.19. The number of rotatable bonds is 4. The van der Waals surface area contributed by atoms with Gasteiger partial charge in [0.2, 0.25) is 0 Å². The topological polar surface area (TPSA) is 59.8 Å². The molecule has 1 N–H and O–H groups in total. The van der Waals surface area contributed by atoms with E-state index in [-0.39, 0.29) is 12.5 Å². The summed E-state index contributed by atoms with van der Waals surface area (Å²) in [6.07, 6.45) is 6.88. The van der Waals surface area contributed by atoms with Crippen LogP contribution in [0.25, 0.3) is 21.6 Å². The summed E-state index contributed by atoms with van der Waals surface area (Å²) in [5.41, 5.74) is 2.02. The number of thiophene rings is 1. The molecule has 3 heterocycles. The van der Waals surface area contributed by atoms with Crippen LogP contribution in [0.3, 0.4) is 0 Å². The molecule has 0 saturated heterocycles. The Morgan fingerprint density at radius 2 is 2.41 bits per heavy atom. The van der Waals surface area contributed by atoms with Crippen LogP contribution in [-0.2, 0) is 6.54 Å². The van der Waals surface area contributed by atoms with Crippen LogP contribution in [0.4, 0.5) is 0 Å². The highest BCUT2D eigenvalue weighted by molar-refractivity contribution is 7.13. The molecule has 1 amide bonds. The van der Waals surface area contributed by atoms with Gasteiger partial charge in [0.05, 0.1) is 34.3 Å². The largest absolute Gasteiger partial charge is 0.341 e. The summed E-state index contributed by atoms with van der Waals surface area (Å²) in [6, 6.07) is 5.73. The molecule has 0 radical (unpaired) electrons. The van der Waals surface area contributed by atoms with E-state index in [1.54, 1.807) is 28.3 Å². The summed E-state index contributed by atoms with van der Waals surface area (Å²) in [5.74, 6) is 2.20. The fourth-order valence-electron chi connectivity index (χ4n) is 2.24. The van der Waals surface area contributed by atoms with Crippen molar-refractivity contribution in [2.75, 3.05) is 6.54 Å². The number of aromatic nitrogens is 3. The molecule has 22 heavy (non-hydrogen) atoms. The summed E-state index contributed by atoms with van der Waals surface area (Å²) in [6.45, 7) is 2.87. The molecular formula is C16H14N4OS. The Kier molecular flexibility index (Phi) is 3.90. The first-order valence-electron chi connectivity index (χ1n) is 6.86. The van der Waals surface area contributed by atoms with Gasteiger partial charge in [-0.3, -0.25) is 4.79 Å². The summed E-state index contributed by atoms with van der Waals surface area (Å²) in [4.78, 5) is 18.0. The van der Waals surface area contributed by atoms with Crippen molar-refractivity contribution in [2.45, 2.75) is 13.5 Å². The first-order chi connectivity index (χ1) is 10.7. The summed E-state index contributed by atoms with van der Waals surface area (Å²) in [5, 5.41) is 9.72. The van der Waals surface area contributed by atoms with Gasteiger partial charge in [0.25, 0.3) is 5.91 Å². The monoisotopic (exact) mass is 310 g/mol. The van der Waals surface area contributed by atoms with Crippen LogP contribution in [-0.4, -0.2) is 27.2 Å². The summed E-state index contributed by atoms with van der Waals surface area (Å²) < 4.78 is 1.78. The summed E-state index contributed by atoms with van der Waals surface area (Å²) >= 11 is 1.58. The number of pyridine rings is 1. The number of terminal acetylenes is 1. The molecule has 6 heteroatoms. The molecule has 0 bridgehead atoms. The number of carbonyl (C=O) groups excluding carboxylic acids is 1. The molecule has 0 saturated carbocycles. The van der Waals surface area contributed by atoms with E-state index < -0.39 is 0 Å². The lowest BCUT2D eigenvalue weighted by atomic mass is 10.1. The first kappa shape index (κ1) is 14.3. The maximum Gasteiger partial charge on any atom is 0.252 e. The predicted octanol–water partition coefficient (Wildman–Crippen LogP) is 2.54. The Bertz CT molecular complexity index is 858. The van der Waals surface area contributed by atoms with Gasteiger partial charge in [-0.25, -0.2) is 9.67 Å². The van der Waals surface area contributed by atoms with Gasteiger partial charge in [-0.1, -0.05) is 12.0 Å². The highest BCUT2D eigenvalue weighted by Gasteiger charge is 2.17. The highest BCUT2D eigenvalue weighted by atomic mass is 32.1. The normalized spacial score (nSPS) is 10.5. The SMILES string of the molecule is C#CCNC(=O)c1cc(-c2cccs2)nc2c1cnn2CC. The quantitative estimate of drug-likeness (QED) is 0.753. The first-order valence-corrected chi connectivity index (χ1v) is 7.74. The van der Waals surface area contributed by atoms with E-state index in [2.05, 4.69) is 21.3 Å². The van der Waals surface area contributed by atoms with Crippen LogP contribution in [0.1, 0.15) is 17.3 Å². The van der Waals surface area contributed by atoms with Gasteiger partial charge >= 0.3 is 0 Å². The molecule has 0 aliphatic rings. The lowest BCUT2D eigenvalue weighted by molar-refractivity contribution is 0.0960. The van der Waals surface area contributed by atoms with Crippen LogP contribution in [0.5, 0.6) is 0 Å². The van der Waals surface area contributed by atoms with Crippen LogP contribution in [0, 0.1) is 12.3 Å². The van der Waals surface area contributed by atoms with E-state index in [4.69, 9.17) is 6.42 Å². The molecule has 0 aliphatic heterocycles. The van der Waals surface area contributed by atoms with Crippen LogP contribution in [0.2, 0.25) is 0 Å². The van der Waals surface area contributed by atoms with E-state index in [1.807, 2.05) is 24.4 Å². The van der Waals surface area contributed by atoms with Crippen molar-refractivity contribution < 1.29 is 4.79 Å². The van der Waals surface area contributed by atoms with Crippen molar-refractivity contribution in [3.05, 3.63) is 35.3 Å². The lowest BCUT2D eigenvalue weighted by Crippen LogP contribution is -2.23. The van der Waals surface area contributed by atoms with Gasteiger partial charge in [0, 0.05) is 6.54 Å². The van der Waals surface area contributed by atoms with Crippen molar-refractivity contribution in [1.29, 1.82) is 0 Å². The van der Waals surface area contributed by atoms with E-state index in [1.165, 1.54) is 0 Å². The molecule has 0 atom stereocenters. The second kappa shape index (κ2) is 6.00. The number of carbonyl (C=O) groups is 1. The Morgan fingerprint density at radius 1 is 1.55 bits per heavy atom. The van der Waals surface area contributed by atoms with Crippen molar-refractivity contribution in [3.63, 3.8) is 0 Å². The number of nitrogens with one attached hydrogen (secondary N) is 1. The van der Waals surface area contributed by atoms with Crippen molar-refractivity contribution in [3.8, 4) is 22.9 Å². The van der Waals surface area contributed by atoms with Gasteiger partial charge < -0.3 is 5.32 Å². The molecule has 0 unspecified atom stereocenters. The van der Waals surface area contributed by atoms with E-state index in [0.29, 0.717) is 17.8 Å². The van der Waals surface area contributed by atoms with E-state index in [9.17, 15) is 4.79 Å². The third-order valence-corrected chi connectivity index (χ3v) is 4.17. The zero-order valence-electron chi connectivity index (χ0n) is 12.0.